The minimum atomic E-state index is -3.31. The predicted octanol–water partition coefficient (Wildman–Crippen LogP) is 0.541. The van der Waals surface area contributed by atoms with Gasteiger partial charge in [-0.2, -0.15) is 0 Å². The molecule has 0 aliphatic heterocycles. The Morgan fingerprint density at radius 3 is 2.71 bits per heavy atom. The molecular formula is C11H20N2O3S. The molecule has 1 amide bonds. The monoisotopic (exact) mass is 260 g/mol. The van der Waals surface area contributed by atoms with E-state index < -0.39 is 10.0 Å². The quantitative estimate of drug-likeness (QED) is 0.708. The highest BCUT2D eigenvalue weighted by atomic mass is 32.2. The smallest absolute Gasteiger partial charge is 0.235 e. The molecule has 1 aliphatic rings. The van der Waals surface area contributed by atoms with Gasteiger partial charge in [0.05, 0.1) is 12.8 Å². The van der Waals surface area contributed by atoms with Crippen LogP contribution in [0.1, 0.15) is 32.6 Å². The molecule has 0 aromatic heterocycles. The first kappa shape index (κ1) is 14.2. The van der Waals surface area contributed by atoms with E-state index in [0.29, 0.717) is 0 Å². The van der Waals surface area contributed by atoms with Crippen LogP contribution in [0.2, 0.25) is 0 Å². The minimum Gasteiger partial charge on any atom is -0.349 e. The van der Waals surface area contributed by atoms with Crippen molar-refractivity contribution in [2.75, 3.05) is 12.8 Å². The SMILES string of the molecule is CC(NC(=O)CNS(C)(=O)=O)C1=CCCCC1. The van der Waals surface area contributed by atoms with E-state index in [2.05, 4.69) is 16.1 Å². The maximum Gasteiger partial charge on any atom is 0.235 e. The van der Waals surface area contributed by atoms with E-state index >= 15 is 0 Å². The molecule has 1 atom stereocenters. The first-order valence-corrected chi connectivity index (χ1v) is 7.70. The Balaban J connectivity index is 2.37. The van der Waals surface area contributed by atoms with Crippen LogP contribution < -0.4 is 10.0 Å². The summed E-state index contributed by atoms with van der Waals surface area (Å²) in [6.07, 6.45) is 7.65. The Bertz CT molecular complexity index is 401. The maximum absolute atomic E-state index is 11.5. The van der Waals surface area contributed by atoms with Crippen molar-refractivity contribution in [3.8, 4) is 0 Å². The molecule has 0 aromatic carbocycles. The lowest BCUT2D eigenvalue weighted by Gasteiger charge is -2.20. The third kappa shape index (κ3) is 5.83. The van der Waals surface area contributed by atoms with Crippen molar-refractivity contribution in [1.29, 1.82) is 0 Å². The van der Waals surface area contributed by atoms with Gasteiger partial charge in [0.25, 0.3) is 0 Å². The van der Waals surface area contributed by atoms with Gasteiger partial charge >= 0.3 is 0 Å². The Morgan fingerprint density at radius 2 is 2.18 bits per heavy atom. The average Bonchev–Trinajstić information content (AvgIpc) is 2.27. The molecule has 1 aliphatic carbocycles. The highest BCUT2D eigenvalue weighted by Crippen LogP contribution is 2.19. The molecule has 1 unspecified atom stereocenters. The highest BCUT2D eigenvalue weighted by molar-refractivity contribution is 7.88. The van der Waals surface area contributed by atoms with Crippen molar-refractivity contribution in [2.45, 2.75) is 38.6 Å². The van der Waals surface area contributed by atoms with Crippen LogP contribution >= 0.6 is 0 Å². The fraction of sp³-hybridized carbons (Fsp3) is 0.727. The molecule has 0 spiro atoms. The summed E-state index contributed by atoms with van der Waals surface area (Å²) in [7, 11) is -3.31. The molecule has 6 heteroatoms. The van der Waals surface area contributed by atoms with Crippen molar-refractivity contribution in [3.05, 3.63) is 11.6 Å². The highest BCUT2D eigenvalue weighted by Gasteiger charge is 2.14. The van der Waals surface area contributed by atoms with Gasteiger partial charge in [-0.25, -0.2) is 13.1 Å². The number of allylic oxidation sites excluding steroid dienone is 1. The summed E-state index contributed by atoms with van der Waals surface area (Å²) in [4.78, 5) is 11.5. The van der Waals surface area contributed by atoms with Gasteiger partial charge in [0.2, 0.25) is 15.9 Å². The molecule has 0 bridgehead atoms. The van der Waals surface area contributed by atoms with Crippen LogP contribution in [0.25, 0.3) is 0 Å². The van der Waals surface area contributed by atoms with Gasteiger partial charge in [0, 0.05) is 6.04 Å². The zero-order valence-electron chi connectivity index (χ0n) is 10.3. The van der Waals surface area contributed by atoms with E-state index in [4.69, 9.17) is 0 Å². The molecule has 2 N–H and O–H groups in total. The van der Waals surface area contributed by atoms with Crippen LogP contribution in [0.4, 0.5) is 0 Å². The van der Waals surface area contributed by atoms with E-state index in [-0.39, 0.29) is 18.5 Å². The standard InChI is InChI=1S/C11H20N2O3S/c1-9(10-6-4-3-5-7-10)13-11(14)8-12-17(2,15)16/h6,9,12H,3-5,7-8H2,1-2H3,(H,13,14). The second-order valence-electron chi connectivity index (χ2n) is 4.41. The number of carbonyl (C=O) groups excluding carboxylic acids is 1. The van der Waals surface area contributed by atoms with Crippen molar-refractivity contribution < 1.29 is 13.2 Å². The minimum absolute atomic E-state index is 0.0100. The third-order valence-electron chi connectivity index (χ3n) is 2.75. The predicted molar refractivity (Wildman–Crippen MR) is 67.0 cm³/mol. The summed E-state index contributed by atoms with van der Waals surface area (Å²) in [6.45, 7) is 1.73. The zero-order chi connectivity index (χ0) is 12.9. The van der Waals surface area contributed by atoms with Crippen LogP contribution in [0.15, 0.2) is 11.6 Å². The summed E-state index contributed by atoms with van der Waals surface area (Å²) in [5, 5.41) is 2.79. The van der Waals surface area contributed by atoms with E-state index in [9.17, 15) is 13.2 Å². The lowest BCUT2D eigenvalue weighted by atomic mass is 9.95. The van der Waals surface area contributed by atoms with E-state index in [0.717, 1.165) is 25.5 Å². The molecular weight excluding hydrogens is 240 g/mol. The van der Waals surface area contributed by atoms with E-state index in [1.807, 2.05) is 6.92 Å². The lowest BCUT2D eigenvalue weighted by Crippen LogP contribution is -2.41. The number of hydrogen-bond acceptors (Lipinski definition) is 3. The molecule has 0 saturated carbocycles. The Kier molecular flexibility index (Phi) is 5.14. The van der Waals surface area contributed by atoms with Gasteiger partial charge < -0.3 is 5.32 Å². The number of amides is 1. The van der Waals surface area contributed by atoms with Crippen LogP contribution in [0.3, 0.4) is 0 Å². The summed E-state index contributed by atoms with van der Waals surface area (Å²) >= 11 is 0. The van der Waals surface area contributed by atoms with E-state index in [1.54, 1.807) is 0 Å². The second kappa shape index (κ2) is 6.16. The maximum atomic E-state index is 11.5. The first-order valence-electron chi connectivity index (χ1n) is 5.81. The van der Waals surface area contributed by atoms with Gasteiger partial charge in [-0.05, 0) is 32.6 Å². The fourth-order valence-electron chi connectivity index (χ4n) is 1.84. The molecule has 98 valence electrons. The number of rotatable bonds is 5. The zero-order valence-corrected chi connectivity index (χ0v) is 11.1. The normalized spacial score (nSPS) is 18.4. The van der Waals surface area contributed by atoms with Gasteiger partial charge in [-0.15, -0.1) is 0 Å². The number of nitrogens with one attached hydrogen (secondary N) is 2. The van der Waals surface area contributed by atoms with Crippen molar-refractivity contribution in [3.63, 3.8) is 0 Å². The Hall–Kier alpha value is -0.880. The lowest BCUT2D eigenvalue weighted by molar-refractivity contribution is -0.120. The molecule has 0 radical (unpaired) electrons. The molecule has 0 saturated heterocycles. The largest absolute Gasteiger partial charge is 0.349 e. The summed E-state index contributed by atoms with van der Waals surface area (Å²) in [6, 6.07) is -0.0100. The van der Waals surface area contributed by atoms with Gasteiger partial charge in [-0.1, -0.05) is 11.6 Å². The second-order valence-corrected chi connectivity index (χ2v) is 6.24. The molecule has 0 aromatic rings. The van der Waals surface area contributed by atoms with Crippen LogP contribution in [-0.2, 0) is 14.8 Å². The van der Waals surface area contributed by atoms with Crippen molar-refractivity contribution in [1.82, 2.24) is 10.0 Å². The Morgan fingerprint density at radius 1 is 1.47 bits per heavy atom. The molecule has 1 rings (SSSR count). The third-order valence-corrected chi connectivity index (χ3v) is 3.42. The summed E-state index contributed by atoms with van der Waals surface area (Å²) < 4.78 is 23.8. The van der Waals surface area contributed by atoms with E-state index in [1.165, 1.54) is 12.0 Å². The van der Waals surface area contributed by atoms with Crippen molar-refractivity contribution in [2.24, 2.45) is 0 Å². The summed E-state index contributed by atoms with van der Waals surface area (Å²) in [5.41, 5.74) is 1.24. The van der Waals surface area contributed by atoms with Gasteiger partial charge in [0.1, 0.15) is 0 Å². The topological polar surface area (TPSA) is 75.3 Å². The van der Waals surface area contributed by atoms with Crippen LogP contribution in [-0.4, -0.2) is 33.2 Å². The van der Waals surface area contributed by atoms with Crippen molar-refractivity contribution >= 4 is 15.9 Å². The van der Waals surface area contributed by atoms with Gasteiger partial charge in [-0.3, -0.25) is 4.79 Å². The molecule has 17 heavy (non-hydrogen) atoms. The molecule has 0 heterocycles. The summed E-state index contributed by atoms with van der Waals surface area (Å²) in [5.74, 6) is -0.297. The van der Waals surface area contributed by atoms with Crippen LogP contribution in [0.5, 0.6) is 0 Å². The number of carbonyl (C=O) groups is 1. The van der Waals surface area contributed by atoms with Gasteiger partial charge in [0.15, 0.2) is 0 Å². The first-order chi connectivity index (χ1) is 7.88. The molecule has 0 fully saturated rings. The average molecular weight is 260 g/mol. The number of sulfonamides is 1. The fourth-order valence-corrected chi connectivity index (χ4v) is 2.23. The number of hydrogen-bond donors (Lipinski definition) is 2. The Labute approximate surface area is 103 Å². The molecule has 5 nitrogen and oxygen atoms in total. The van der Waals surface area contributed by atoms with Crippen LogP contribution in [0, 0.1) is 0 Å².